The van der Waals surface area contributed by atoms with E-state index >= 15 is 0 Å². The lowest BCUT2D eigenvalue weighted by atomic mass is 10.1. The van der Waals surface area contributed by atoms with E-state index in [0.29, 0.717) is 31.7 Å². The molecule has 26 heavy (non-hydrogen) atoms. The fraction of sp³-hybridized carbons (Fsp3) is 0.333. The smallest absolute Gasteiger partial charge is 0.253 e. The number of rotatable bonds is 3. The summed E-state index contributed by atoms with van der Waals surface area (Å²) in [6.45, 7) is 4.49. The number of amides is 2. The van der Waals surface area contributed by atoms with Crippen LogP contribution >= 0.6 is 11.8 Å². The average molecular weight is 369 g/mol. The van der Waals surface area contributed by atoms with Crippen LogP contribution in [0.25, 0.3) is 0 Å². The van der Waals surface area contributed by atoms with Crippen molar-refractivity contribution in [3.63, 3.8) is 0 Å². The highest BCUT2D eigenvalue weighted by atomic mass is 32.2. The van der Waals surface area contributed by atoms with E-state index in [2.05, 4.69) is 0 Å². The molecule has 1 fully saturated rings. The minimum absolute atomic E-state index is 0.0440. The maximum absolute atomic E-state index is 12.8. The van der Waals surface area contributed by atoms with E-state index in [4.69, 9.17) is 0 Å². The summed E-state index contributed by atoms with van der Waals surface area (Å²) in [6.07, 6.45) is 2.82. The van der Waals surface area contributed by atoms with E-state index < -0.39 is 0 Å². The lowest BCUT2D eigenvalue weighted by Crippen LogP contribution is -2.37. The monoisotopic (exact) mass is 368 g/mol. The number of hydrogen-bond acceptors (Lipinski definition) is 3. The number of carbonyl (C=O) groups is 2. The first kappa shape index (κ1) is 18.5. The zero-order valence-corrected chi connectivity index (χ0v) is 16.1. The Balaban J connectivity index is 1.65. The van der Waals surface area contributed by atoms with Crippen molar-refractivity contribution in [2.45, 2.75) is 18.2 Å². The van der Waals surface area contributed by atoms with E-state index in [1.54, 1.807) is 11.8 Å². The molecule has 1 heterocycles. The van der Waals surface area contributed by atoms with Gasteiger partial charge in [-0.2, -0.15) is 0 Å². The number of carbonyl (C=O) groups excluding carboxylic acids is 2. The van der Waals surface area contributed by atoms with Crippen LogP contribution in [0.1, 0.15) is 32.7 Å². The maximum atomic E-state index is 12.8. The van der Waals surface area contributed by atoms with Gasteiger partial charge in [0.15, 0.2) is 0 Å². The third-order valence-corrected chi connectivity index (χ3v) is 5.42. The Kier molecular flexibility index (Phi) is 5.99. The third kappa shape index (κ3) is 4.28. The number of hydrogen-bond donors (Lipinski definition) is 0. The second kappa shape index (κ2) is 8.41. The molecule has 3 rings (SSSR count). The van der Waals surface area contributed by atoms with E-state index in [1.807, 2.05) is 71.5 Å². The number of benzene rings is 2. The highest BCUT2D eigenvalue weighted by Crippen LogP contribution is 2.17. The molecule has 1 aliphatic heterocycles. The van der Waals surface area contributed by atoms with Gasteiger partial charge in [-0.15, -0.1) is 11.8 Å². The van der Waals surface area contributed by atoms with Gasteiger partial charge in [0.1, 0.15) is 0 Å². The van der Waals surface area contributed by atoms with E-state index in [0.717, 1.165) is 22.4 Å². The normalized spacial score (nSPS) is 14.8. The van der Waals surface area contributed by atoms with Crippen LogP contribution in [-0.2, 0) is 0 Å². The predicted octanol–water partition coefficient (Wildman–Crippen LogP) is 3.71. The summed E-state index contributed by atoms with van der Waals surface area (Å²) in [6, 6.07) is 15.4. The predicted molar refractivity (Wildman–Crippen MR) is 106 cm³/mol. The average Bonchev–Trinajstić information content (AvgIpc) is 2.93. The van der Waals surface area contributed by atoms with E-state index in [9.17, 15) is 9.59 Å². The van der Waals surface area contributed by atoms with Crippen molar-refractivity contribution in [3.8, 4) is 0 Å². The highest BCUT2D eigenvalue weighted by molar-refractivity contribution is 7.98. The number of thioether (sulfide) groups is 1. The first-order valence-corrected chi connectivity index (χ1v) is 10.1. The second-order valence-corrected chi connectivity index (χ2v) is 7.42. The number of nitrogens with zero attached hydrogens (tertiary/aromatic N) is 2. The third-order valence-electron chi connectivity index (χ3n) is 4.67. The molecule has 136 valence electrons. The molecule has 1 saturated heterocycles. The summed E-state index contributed by atoms with van der Waals surface area (Å²) in [5.41, 5.74) is 2.51. The first-order chi connectivity index (χ1) is 12.6. The first-order valence-electron chi connectivity index (χ1n) is 8.88. The molecule has 1 aliphatic rings. The zero-order valence-electron chi connectivity index (χ0n) is 15.3. The van der Waals surface area contributed by atoms with Gasteiger partial charge in [-0.3, -0.25) is 9.59 Å². The minimum Gasteiger partial charge on any atom is -0.337 e. The second-order valence-electron chi connectivity index (χ2n) is 6.54. The van der Waals surface area contributed by atoms with Crippen LogP contribution < -0.4 is 0 Å². The summed E-state index contributed by atoms with van der Waals surface area (Å²) in [7, 11) is 0. The van der Waals surface area contributed by atoms with Crippen LogP contribution in [0, 0.1) is 6.92 Å². The molecule has 0 unspecified atom stereocenters. The van der Waals surface area contributed by atoms with Crippen LogP contribution in [0.2, 0.25) is 0 Å². The van der Waals surface area contributed by atoms with Crippen molar-refractivity contribution in [3.05, 3.63) is 65.2 Å². The van der Waals surface area contributed by atoms with Gasteiger partial charge in [-0.05, 0) is 56.0 Å². The SMILES string of the molecule is CSc1ccc(C(=O)N2CCCN(C(=O)c3cccc(C)c3)CC2)cc1. The molecule has 5 heteroatoms. The largest absolute Gasteiger partial charge is 0.337 e. The summed E-state index contributed by atoms with van der Waals surface area (Å²) in [4.78, 5) is 30.4. The van der Waals surface area contributed by atoms with Crippen molar-refractivity contribution >= 4 is 23.6 Å². The molecule has 0 radical (unpaired) electrons. The molecule has 4 nitrogen and oxygen atoms in total. The van der Waals surface area contributed by atoms with Crippen molar-refractivity contribution in [2.24, 2.45) is 0 Å². The van der Waals surface area contributed by atoms with Crippen LogP contribution in [0.5, 0.6) is 0 Å². The highest BCUT2D eigenvalue weighted by Gasteiger charge is 2.23. The molecule has 0 saturated carbocycles. The number of aryl methyl sites for hydroxylation is 1. The fourth-order valence-electron chi connectivity index (χ4n) is 3.20. The van der Waals surface area contributed by atoms with Gasteiger partial charge in [0.05, 0.1) is 0 Å². The Morgan fingerprint density at radius 2 is 1.46 bits per heavy atom. The molecule has 0 bridgehead atoms. The van der Waals surface area contributed by atoms with Crippen molar-refractivity contribution in [2.75, 3.05) is 32.4 Å². The quantitative estimate of drug-likeness (QED) is 0.776. The summed E-state index contributed by atoms with van der Waals surface area (Å²) >= 11 is 1.66. The molecular weight excluding hydrogens is 344 g/mol. The lowest BCUT2D eigenvalue weighted by molar-refractivity contribution is 0.0718. The maximum Gasteiger partial charge on any atom is 0.253 e. The molecule has 0 aliphatic carbocycles. The van der Waals surface area contributed by atoms with Gasteiger partial charge >= 0.3 is 0 Å². The lowest BCUT2D eigenvalue weighted by Gasteiger charge is -2.22. The van der Waals surface area contributed by atoms with Gasteiger partial charge in [-0.25, -0.2) is 0 Å². The minimum atomic E-state index is 0.0440. The Labute approximate surface area is 159 Å². The molecule has 2 aromatic carbocycles. The van der Waals surface area contributed by atoms with Crippen LogP contribution in [0.15, 0.2) is 53.4 Å². The van der Waals surface area contributed by atoms with Gasteiger partial charge in [0.25, 0.3) is 11.8 Å². The Bertz CT molecular complexity index is 789. The molecule has 0 aromatic heterocycles. The fourth-order valence-corrected chi connectivity index (χ4v) is 3.61. The molecule has 0 spiro atoms. The molecular formula is C21H24N2O2S. The summed E-state index contributed by atoms with van der Waals surface area (Å²) in [5.74, 6) is 0.0924. The molecule has 0 atom stereocenters. The van der Waals surface area contributed by atoms with Crippen LogP contribution in [0.3, 0.4) is 0 Å². The van der Waals surface area contributed by atoms with Crippen LogP contribution in [0.4, 0.5) is 0 Å². The van der Waals surface area contributed by atoms with Crippen molar-refractivity contribution in [1.29, 1.82) is 0 Å². The Morgan fingerprint density at radius 3 is 2.04 bits per heavy atom. The molecule has 0 N–H and O–H groups in total. The van der Waals surface area contributed by atoms with Gasteiger partial charge in [0.2, 0.25) is 0 Å². The topological polar surface area (TPSA) is 40.6 Å². The zero-order chi connectivity index (χ0) is 18.5. The summed E-state index contributed by atoms with van der Waals surface area (Å²) < 4.78 is 0. The van der Waals surface area contributed by atoms with Gasteiger partial charge in [-0.1, -0.05) is 17.7 Å². The Hall–Kier alpha value is -2.27. The summed E-state index contributed by atoms with van der Waals surface area (Å²) in [5, 5.41) is 0. The van der Waals surface area contributed by atoms with Gasteiger partial charge < -0.3 is 9.80 Å². The Morgan fingerprint density at radius 1 is 0.846 bits per heavy atom. The molecule has 2 amide bonds. The van der Waals surface area contributed by atoms with E-state index in [1.165, 1.54) is 0 Å². The van der Waals surface area contributed by atoms with Crippen molar-refractivity contribution in [1.82, 2.24) is 9.80 Å². The standard InChI is InChI=1S/C21H24N2O2S/c1-16-5-3-6-18(15-16)21(25)23-12-4-11-22(13-14-23)20(24)17-7-9-19(26-2)10-8-17/h3,5-10,15H,4,11-14H2,1-2H3. The van der Waals surface area contributed by atoms with E-state index in [-0.39, 0.29) is 11.8 Å². The van der Waals surface area contributed by atoms with Crippen molar-refractivity contribution < 1.29 is 9.59 Å². The van der Waals surface area contributed by atoms with Gasteiger partial charge in [0, 0.05) is 42.2 Å². The van der Waals surface area contributed by atoms with Crippen LogP contribution in [-0.4, -0.2) is 54.0 Å². The molecule has 2 aromatic rings.